The molecule has 4 heterocycles. The van der Waals surface area contributed by atoms with Gasteiger partial charge in [-0.25, -0.2) is 9.69 Å². The summed E-state index contributed by atoms with van der Waals surface area (Å²) < 4.78 is 7.94. The average Bonchev–Trinajstić information content (AvgIpc) is 3.76. The lowest BCUT2D eigenvalue weighted by Crippen LogP contribution is -2.49. The Balaban J connectivity index is 1.27. The fraction of sp³-hybridized carbons (Fsp3) is 0.333. The number of amides is 6. The number of methoxy groups -OCH3 is 1. The summed E-state index contributed by atoms with van der Waals surface area (Å²) in [5, 5.41) is 16.9. The first kappa shape index (κ1) is 33.4. The van der Waals surface area contributed by atoms with Gasteiger partial charge < -0.3 is 15.6 Å². The van der Waals surface area contributed by atoms with Crippen molar-refractivity contribution in [2.24, 2.45) is 41.9 Å². The van der Waals surface area contributed by atoms with Crippen molar-refractivity contribution < 1.29 is 33.8 Å². The summed E-state index contributed by atoms with van der Waals surface area (Å²) in [5.74, 6) is -6.59. The van der Waals surface area contributed by atoms with Crippen molar-refractivity contribution in [2.75, 3.05) is 12.0 Å². The number of fused-ring (bicyclic) bond motifs is 5. The van der Waals surface area contributed by atoms with E-state index in [0.717, 1.165) is 20.5 Å². The number of anilines is 1. The molecule has 15 heteroatoms. The van der Waals surface area contributed by atoms with Crippen molar-refractivity contribution in [3.63, 3.8) is 0 Å². The molecule has 51 heavy (non-hydrogen) atoms. The van der Waals surface area contributed by atoms with Crippen LogP contribution in [0.1, 0.15) is 36.8 Å². The van der Waals surface area contributed by atoms with Crippen LogP contribution in [0.5, 0.6) is 11.5 Å². The number of aromatic nitrogens is 2. The fourth-order valence-corrected chi connectivity index (χ4v) is 10.5. The van der Waals surface area contributed by atoms with Crippen LogP contribution < -0.4 is 15.4 Å². The third kappa shape index (κ3) is 4.50. The molecule has 2 aliphatic heterocycles. The second-order valence-electron chi connectivity index (χ2n) is 13.8. The Hall–Kier alpha value is -4.72. The number of thiophene rings is 1. The first-order chi connectivity index (χ1) is 24.2. The van der Waals surface area contributed by atoms with Crippen LogP contribution >= 0.6 is 34.5 Å². The van der Waals surface area contributed by atoms with Crippen LogP contribution in [0.15, 0.2) is 48.0 Å². The minimum absolute atomic E-state index is 0.0298. The number of rotatable bonds is 4. The second-order valence-corrected chi connectivity index (χ2v) is 15.7. The summed E-state index contributed by atoms with van der Waals surface area (Å²) in [5.41, 5.74) is 6.75. The van der Waals surface area contributed by atoms with Crippen molar-refractivity contribution >= 4 is 80.1 Å². The van der Waals surface area contributed by atoms with Gasteiger partial charge in [-0.3, -0.25) is 23.9 Å². The predicted molar refractivity (Wildman–Crippen MR) is 189 cm³/mol. The van der Waals surface area contributed by atoms with Crippen LogP contribution in [-0.2, 0) is 26.2 Å². The number of phenols is 1. The number of imide groups is 4. The molecule has 12 nitrogen and oxygen atoms in total. The molecule has 6 amide bonds. The zero-order valence-corrected chi connectivity index (χ0v) is 30.1. The summed E-state index contributed by atoms with van der Waals surface area (Å²) in [7, 11) is 3.04. The average molecular weight is 749 g/mol. The van der Waals surface area contributed by atoms with Crippen molar-refractivity contribution in [2.45, 2.75) is 32.6 Å². The van der Waals surface area contributed by atoms with E-state index in [1.54, 1.807) is 26.1 Å². The number of carbonyl (C=O) groups excluding carboxylic acids is 5. The van der Waals surface area contributed by atoms with Crippen molar-refractivity contribution in [1.82, 2.24) is 14.7 Å². The molecular weight excluding hydrogens is 717 g/mol. The van der Waals surface area contributed by atoms with Crippen molar-refractivity contribution in [3.8, 4) is 22.1 Å². The largest absolute Gasteiger partial charge is 0.503 e. The standard InChI is InChI=1S/C36H31Cl2N5O7S/c1-14-19-11-16(37)5-8-25(19)51-30(14)23-13-26(41(3)40-23)42-32(46)21-12-20-17(6-7-18-27(20)33(47)43(31(18)45)35(39)49)28(36(21,2)34(42)48)15-9-22(38)29(44)24(10-15)50-4/h5-6,8-11,13,18,20-21,27-28,44H,7,12H2,1-4H3,(H2,39,49)/t18-,20+,21-,27-,28-,36+/m0/s1. The molecule has 2 aromatic heterocycles. The minimum Gasteiger partial charge on any atom is -0.503 e. The number of aromatic hydroxyl groups is 1. The predicted octanol–water partition coefficient (Wildman–Crippen LogP) is 5.94. The van der Waals surface area contributed by atoms with Crippen LogP contribution in [0.4, 0.5) is 10.6 Å². The SMILES string of the molecule is COc1cc([C@H]2C3=CC[C@@H]4C(=O)N(C(N)=O)C(=O)[C@@H]4[C@@H]3C[C@H]3C(=O)N(c4cc(-c5sc6ccc(Cl)cc6c5C)nn4C)C(=O)[C@@]23C)cc(Cl)c1O. The molecule has 3 fully saturated rings. The number of carbonyl (C=O) groups is 5. The number of aryl methyl sites for hydroxylation is 2. The molecule has 4 aromatic rings. The molecule has 8 rings (SSSR count). The van der Waals surface area contributed by atoms with Gasteiger partial charge in [-0.15, -0.1) is 11.3 Å². The number of allylic oxidation sites excluding steroid dienone is 2. The van der Waals surface area contributed by atoms with E-state index in [9.17, 15) is 29.1 Å². The zero-order chi connectivity index (χ0) is 36.4. The number of primary amides is 1. The first-order valence-corrected chi connectivity index (χ1v) is 17.8. The lowest BCUT2D eigenvalue weighted by molar-refractivity contribution is -0.136. The van der Waals surface area contributed by atoms with Gasteiger partial charge >= 0.3 is 6.03 Å². The lowest BCUT2D eigenvalue weighted by atomic mass is 9.51. The molecular formula is C36H31Cl2N5O7S. The van der Waals surface area contributed by atoms with E-state index in [-0.39, 0.29) is 35.2 Å². The number of phenolic OH excluding ortho intramolecular Hbond substituents is 1. The topological polar surface area (TPSA) is 165 Å². The Morgan fingerprint density at radius 3 is 2.53 bits per heavy atom. The molecule has 262 valence electrons. The highest BCUT2D eigenvalue weighted by molar-refractivity contribution is 7.22. The number of halogens is 2. The van der Waals surface area contributed by atoms with Crippen LogP contribution in [0.25, 0.3) is 20.7 Å². The van der Waals surface area contributed by atoms with Crippen molar-refractivity contribution in [1.29, 1.82) is 0 Å². The molecule has 2 aromatic carbocycles. The van der Waals surface area contributed by atoms with Gasteiger partial charge in [0.25, 0.3) is 0 Å². The molecule has 0 bridgehead atoms. The van der Waals surface area contributed by atoms with E-state index in [1.165, 1.54) is 34.1 Å². The Morgan fingerprint density at radius 2 is 1.82 bits per heavy atom. The highest BCUT2D eigenvalue weighted by atomic mass is 35.5. The van der Waals surface area contributed by atoms with Gasteiger partial charge in [-0.05, 0) is 79.5 Å². The van der Waals surface area contributed by atoms with Gasteiger partial charge in [0.15, 0.2) is 11.5 Å². The molecule has 3 N–H and O–H groups in total. The number of nitrogens with two attached hydrogens (primary N) is 1. The Morgan fingerprint density at radius 1 is 1.08 bits per heavy atom. The minimum atomic E-state index is -1.40. The lowest BCUT2D eigenvalue weighted by Gasteiger charge is -2.49. The summed E-state index contributed by atoms with van der Waals surface area (Å²) in [6, 6.07) is 9.31. The van der Waals surface area contributed by atoms with Crippen LogP contribution in [0, 0.1) is 36.0 Å². The van der Waals surface area contributed by atoms with Gasteiger partial charge in [-0.1, -0.05) is 34.9 Å². The molecule has 0 unspecified atom stereocenters. The van der Waals surface area contributed by atoms with E-state index >= 15 is 0 Å². The number of hydrogen-bond donors (Lipinski definition) is 2. The van der Waals surface area contributed by atoms with Gasteiger partial charge in [-0.2, -0.15) is 10.00 Å². The third-order valence-electron chi connectivity index (χ3n) is 11.3. The second kappa shape index (κ2) is 11.4. The van der Waals surface area contributed by atoms with Gasteiger partial charge in [0.1, 0.15) is 11.5 Å². The molecule has 0 radical (unpaired) electrons. The number of nitrogens with zero attached hydrogens (tertiary/aromatic N) is 4. The number of benzene rings is 2. The maximum Gasteiger partial charge on any atom is 0.328 e. The summed E-state index contributed by atoms with van der Waals surface area (Å²) in [4.78, 5) is 71.4. The van der Waals surface area contributed by atoms with Crippen LogP contribution in [-0.4, -0.2) is 56.6 Å². The van der Waals surface area contributed by atoms with Crippen molar-refractivity contribution in [3.05, 3.63) is 69.2 Å². The summed E-state index contributed by atoms with van der Waals surface area (Å²) in [6.07, 6.45) is 2.03. The third-order valence-corrected chi connectivity index (χ3v) is 13.1. The quantitative estimate of drug-likeness (QED) is 0.191. The molecule has 4 aliphatic rings. The Labute approximate surface area is 305 Å². The van der Waals surface area contributed by atoms with Crippen LogP contribution in [0.2, 0.25) is 10.0 Å². The number of ether oxygens (including phenoxy) is 1. The smallest absolute Gasteiger partial charge is 0.328 e. The van der Waals surface area contributed by atoms with Gasteiger partial charge in [0, 0.05) is 28.8 Å². The van der Waals surface area contributed by atoms with Crippen LogP contribution in [0.3, 0.4) is 0 Å². The Bertz CT molecular complexity index is 2320. The maximum absolute atomic E-state index is 15.0. The zero-order valence-electron chi connectivity index (χ0n) is 27.8. The van der Waals surface area contributed by atoms with E-state index in [0.29, 0.717) is 26.8 Å². The van der Waals surface area contributed by atoms with Gasteiger partial charge in [0.05, 0.1) is 40.2 Å². The highest BCUT2D eigenvalue weighted by Gasteiger charge is 2.68. The molecule has 0 spiro atoms. The number of hydrogen-bond acceptors (Lipinski definition) is 9. The van der Waals surface area contributed by atoms with E-state index in [2.05, 4.69) is 0 Å². The molecule has 6 atom stereocenters. The summed E-state index contributed by atoms with van der Waals surface area (Å²) in [6.45, 7) is 3.70. The maximum atomic E-state index is 15.0. The monoisotopic (exact) mass is 747 g/mol. The molecule has 2 saturated heterocycles. The number of likely N-dealkylation sites (tertiary alicyclic amines) is 1. The van der Waals surface area contributed by atoms with Gasteiger partial charge in [0.2, 0.25) is 23.6 Å². The van der Waals surface area contributed by atoms with E-state index < -0.39 is 64.7 Å². The fourth-order valence-electron chi connectivity index (χ4n) is 8.96. The van der Waals surface area contributed by atoms with E-state index in [4.69, 9.17) is 38.8 Å². The highest BCUT2D eigenvalue weighted by Crippen LogP contribution is 2.64. The first-order valence-electron chi connectivity index (χ1n) is 16.2. The number of urea groups is 1. The molecule has 2 aliphatic carbocycles. The summed E-state index contributed by atoms with van der Waals surface area (Å²) >= 11 is 14.3. The normalized spacial score (nSPS) is 27.2. The Kier molecular flexibility index (Phi) is 7.47. The molecule has 1 saturated carbocycles. The van der Waals surface area contributed by atoms with E-state index in [1.807, 2.05) is 31.2 Å².